The number of nitrogens with one attached hydrogen (secondary N) is 1. The van der Waals surface area contributed by atoms with E-state index in [2.05, 4.69) is 5.32 Å². The molecule has 1 aromatic heterocycles. The van der Waals surface area contributed by atoms with Crippen LogP contribution in [0.5, 0.6) is 0 Å². The molecule has 8 heteroatoms. The fraction of sp³-hybridized carbons (Fsp3) is 0.0833. The summed E-state index contributed by atoms with van der Waals surface area (Å²) in [6.07, 6.45) is 3.45. The lowest BCUT2D eigenvalue weighted by molar-refractivity contribution is 0.102. The number of hydrogen-bond acceptors (Lipinski definition) is 3. The number of anilines is 1. The molecule has 1 heterocycles. The Hall–Kier alpha value is -3.29. The molecule has 4 aromatic rings. The van der Waals surface area contributed by atoms with Crippen LogP contribution in [0.3, 0.4) is 0 Å². The van der Waals surface area contributed by atoms with Gasteiger partial charge in [0.25, 0.3) is 11.5 Å². The molecule has 0 aliphatic carbocycles. The molecule has 162 valence electrons. The summed E-state index contributed by atoms with van der Waals surface area (Å²) < 4.78 is 16.7. The number of hydrogen-bond donors (Lipinski definition) is 1. The van der Waals surface area contributed by atoms with Crippen LogP contribution in [-0.2, 0) is 6.54 Å². The van der Waals surface area contributed by atoms with Crippen LogP contribution in [0.1, 0.15) is 15.9 Å². The molecule has 1 N–H and O–H groups in total. The van der Waals surface area contributed by atoms with Gasteiger partial charge in [-0.1, -0.05) is 23.7 Å². The van der Waals surface area contributed by atoms with E-state index < -0.39 is 11.5 Å². The third-order valence-electron chi connectivity index (χ3n) is 4.86. The van der Waals surface area contributed by atoms with Crippen molar-refractivity contribution in [2.75, 3.05) is 11.6 Å². The van der Waals surface area contributed by atoms with Gasteiger partial charge in [0.05, 0.1) is 12.2 Å². The smallest absolute Gasteiger partial charge is 0.284 e. The fourth-order valence-corrected chi connectivity index (χ4v) is 3.84. The Morgan fingerprint density at radius 3 is 2.44 bits per heavy atom. The molecule has 0 saturated heterocycles. The maximum atomic E-state index is 13.7. The third kappa shape index (κ3) is 4.79. The summed E-state index contributed by atoms with van der Waals surface area (Å²) in [5.41, 5.74) is 1.27. The van der Waals surface area contributed by atoms with Crippen LogP contribution < -0.4 is 10.9 Å². The number of carbonyl (C=O) groups is 1. The first kappa shape index (κ1) is 21.9. The molecule has 5 nitrogen and oxygen atoms in total. The van der Waals surface area contributed by atoms with Crippen LogP contribution in [0.2, 0.25) is 5.02 Å². The number of rotatable bonds is 6. The third-order valence-corrected chi connectivity index (χ3v) is 5.85. The first-order chi connectivity index (χ1) is 15.4. The van der Waals surface area contributed by atoms with E-state index in [9.17, 15) is 14.0 Å². The van der Waals surface area contributed by atoms with Gasteiger partial charge in [0.2, 0.25) is 0 Å². The summed E-state index contributed by atoms with van der Waals surface area (Å²) in [6, 6.07) is 20.2. The van der Waals surface area contributed by atoms with Gasteiger partial charge in [-0.25, -0.2) is 9.07 Å². The van der Waals surface area contributed by atoms with Gasteiger partial charge in [0.1, 0.15) is 11.4 Å². The SMILES string of the molecule is CSc1ccc(NC(=O)c2cn(Cc3cccc(F)c3)n(-c3ccc(Cl)cc3)c2=O)cc1. The number of carbonyl (C=O) groups excluding carboxylic acids is 1. The van der Waals surface area contributed by atoms with E-state index >= 15 is 0 Å². The van der Waals surface area contributed by atoms with Crippen LogP contribution in [0, 0.1) is 5.82 Å². The normalized spacial score (nSPS) is 10.8. The molecular weight excluding hydrogens is 449 g/mol. The monoisotopic (exact) mass is 467 g/mol. The zero-order chi connectivity index (χ0) is 22.7. The van der Waals surface area contributed by atoms with E-state index in [-0.39, 0.29) is 17.9 Å². The van der Waals surface area contributed by atoms with Gasteiger partial charge in [-0.3, -0.25) is 14.3 Å². The molecule has 0 atom stereocenters. The fourth-order valence-electron chi connectivity index (χ4n) is 3.31. The van der Waals surface area contributed by atoms with Crippen molar-refractivity contribution >= 4 is 35.0 Å². The molecule has 0 bridgehead atoms. The summed E-state index contributed by atoms with van der Waals surface area (Å²) in [5.74, 6) is -0.894. The minimum absolute atomic E-state index is 0.0229. The second kappa shape index (κ2) is 9.46. The zero-order valence-corrected chi connectivity index (χ0v) is 18.7. The van der Waals surface area contributed by atoms with E-state index in [1.807, 2.05) is 18.4 Å². The highest BCUT2D eigenvalue weighted by Crippen LogP contribution is 2.19. The van der Waals surface area contributed by atoms with Crippen molar-refractivity contribution in [3.05, 3.63) is 111 Å². The molecule has 4 rings (SSSR count). The number of aromatic nitrogens is 2. The minimum atomic E-state index is -0.521. The Morgan fingerprint density at radius 2 is 1.78 bits per heavy atom. The highest BCUT2D eigenvalue weighted by atomic mass is 35.5. The van der Waals surface area contributed by atoms with Crippen LogP contribution >= 0.6 is 23.4 Å². The number of thioether (sulfide) groups is 1. The predicted octanol–water partition coefficient (Wildman–Crippen LogP) is 5.45. The van der Waals surface area contributed by atoms with E-state index in [0.29, 0.717) is 22.0 Å². The molecule has 0 saturated carbocycles. The molecule has 0 aliphatic rings. The lowest BCUT2D eigenvalue weighted by Crippen LogP contribution is -2.26. The van der Waals surface area contributed by atoms with E-state index in [0.717, 1.165) is 4.90 Å². The van der Waals surface area contributed by atoms with E-state index in [1.54, 1.807) is 65.0 Å². The van der Waals surface area contributed by atoms with Crippen molar-refractivity contribution in [1.82, 2.24) is 9.36 Å². The molecule has 0 fully saturated rings. The lowest BCUT2D eigenvalue weighted by Gasteiger charge is -2.12. The molecule has 0 spiro atoms. The molecule has 0 aliphatic heterocycles. The molecule has 32 heavy (non-hydrogen) atoms. The molecule has 0 radical (unpaired) electrons. The first-order valence-corrected chi connectivity index (χ1v) is 11.3. The summed E-state index contributed by atoms with van der Waals surface area (Å²) in [4.78, 5) is 27.2. The van der Waals surface area contributed by atoms with Crippen LogP contribution in [0.25, 0.3) is 5.69 Å². The predicted molar refractivity (Wildman–Crippen MR) is 127 cm³/mol. The van der Waals surface area contributed by atoms with Gasteiger partial charge >= 0.3 is 0 Å². The Morgan fingerprint density at radius 1 is 1.06 bits per heavy atom. The number of halogens is 2. The topological polar surface area (TPSA) is 56.0 Å². The Labute approximate surface area is 193 Å². The van der Waals surface area contributed by atoms with Gasteiger partial charge in [-0.05, 0) is 72.5 Å². The van der Waals surface area contributed by atoms with Crippen molar-refractivity contribution in [2.45, 2.75) is 11.4 Å². The summed E-state index contributed by atoms with van der Waals surface area (Å²) in [6.45, 7) is 0.200. The van der Waals surface area contributed by atoms with E-state index in [4.69, 9.17) is 11.6 Å². The van der Waals surface area contributed by atoms with Crippen molar-refractivity contribution in [2.24, 2.45) is 0 Å². The van der Waals surface area contributed by atoms with Gasteiger partial charge in [0, 0.05) is 21.8 Å². The minimum Gasteiger partial charge on any atom is -0.322 e. The zero-order valence-electron chi connectivity index (χ0n) is 17.1. The van der Waals surface area contributed by atoms with Gasteiger partial charge in [-0.15, -0.1) is 11.8 Å². The van der Waals surface area contributed by atoms with Crippen molar-refractivity contribution < 1.29 is 9.18 Å². The number of nitrogens with zero attached hydrogens (tertiary/aromatic N) is 2. The standard InChI is InChI=1S/C24H19ClFN3O2S/c1-32-21-11-7-19(8-12-21)27-23(30)22-15-28(14-16-3-2-4-18(26)13-16)29(24(22)31)20-9-5-17(25)6-10-20/h2-13,15H,14H2,1H3,(H,27,30). The number of benzene rings is 3. The van der Waals surface area contributed by atoms with Crippen molar-refractivity contribution in [3.8, 4) is 5.69 Å². The molecule has 0 unspecified atom stereocenters. The largest absolute Gasteiger partial charge is 0.322 e. The summed E-state index contributed by atoms with van der Waals surface area (Å²) >= 11 is 7.59. The highest BCUT2D eigenvalue weighted by Gasteiger charge is 2.19. The van der Waals surface area contributed by atoms with Crippen LogP contribution in [0.15, 0.2) is 88.7 Å². The van der Waals surface area contributed by atoms with Gasteiger partial charge < -0.3 is 5.32 Å². The summed E-state index contributed by atoms with van der Waals surface area (Å²) in [5, 5.41) is 3.29. The first-order valence-electron chi connectivity index (χ1n) is 9.73. The molecule has 1 amide bonds. The average Bonchev–Trinajstić information content (AvgIpc) is 3.11. The lowest BCUT2D eigenvalue weighted by atomic mass is 10.2. The second-order valence-electron chi connectivity index (χ2n) is 7.05. The average molecular weight is 468 g/mol. The van der Waals surface area contributed by atoms with Crippen molar-refractivity contribution in [3.63, 3.8) is 0 Å². The van der Waals surface area contributed by atoms with Crippen molar-refractivity contribution in [1.29, 1.82) is 0 Å². The van der Waals surface area contributed by atoms with E-state index in [1.165, 1.54) is 23.0 Å². The Kier molecular flexibility index (Phi) is 6.48. The van der Waals surface area contributed by atoms with Crippen LogP contribution in [-0.4, -0.2) is 21.5 Å². The quantitative estimate of drug-likeness (QED) is 0.383. The maximum Gasteiger partial charge on any atom is 0.284 e. The maximum absolute atomic E-state index is 13.7. The summed E-state index contributed by atoms with van der Waals surface area (Å²) in [7, 11) is 0. The Bertz CT molecular complexity index is 1310. The van der Waals surface area contributed by atoms with Gasteiger partial charge in [0.15, 0.2) is 0 Å². The number of amides is 1. The Balaban J connectivity index is 1.73. The molecule has 3 aromatic carbocycles. The van der Waals surface area contributed by atoms with Crippen LogP contribution in [0.4, 0.5) is 10.1 Å². The molecular formula is C24H19ClFN3O2S. The highest BCUT2D eigenvalue weighted by molar-refractivity contribution is 7.98. The second-order valence-corrected chi connectivity index (χ2v) is 8.36. The van der Waals surface area contributed by atoms with Gasteiger partial charge in [-0.2, -0.15) is 0 Å².